The number of hydrogen-bond acceptors (Lipinski definition) is 2. The molecular formula is C14H17F4NO2. The smallest absolute Gasteiger partial charge is 0.416 e. The van der Waals surface area contributed by atoms with Crippen molar-refractivity contribution in [3.05, 3.63) is 35.1 Å². The average molecular weight is 307 g/mol. The minimum atomic E-state index is -4.60. The van der Waals surface area contributed by atoms with E-state index in [0.717, 1.165) is 12.1 Å². The van der Waals surface area contributed by atoms with Gasteiger partial charge in [0.05, 0.1) is 11.0 Å². The lowest BCUT2D eigenvalue weighted by Gasteiger charge is -2.19. The van der Waals surface area contributed by atoms with Crippen LogP contribution in [0.4, 0.5) is 17.6 Å². The van der Waals surface area contributed by atoms with E-state index in [1.165, 1.54) is 0 Å². The highest BCUT2D eigenvalue weighted by Crippen LogP contribution is 2.30. The standard InChI is InChI=1S/C14H17F4NO2/c1-13(2,12(20)21)3-4-19-8-9-5-10(14(16,17)18)7-11(15)6-9/h5-7,19H,3-4,8H2,1-2H3,(H,20,21). The number of carbonyl (C=O) groups is 1. The summed E-state index contributed by atoms with van der Waals surface area (Å²) < 4.78 is 50.7. The van der Waals surface area contributed by atoms with Crippen LogP contribution in [0.25, 0.3) is 0 Å². The van der Waals surface area contributed by atoms with Gasteiger partial charge >= 0.3 is 12.1 Å². The van der Waals surface area contributed by atoms with Crippen molar-refractivity contribution in [3.63, 3.8) is 0 Å². The lowest BCUT2D eigenvalue weighted by Crippen LogP contribution is -2.28. The molecule has 0 fully saturated rings. The summed E-state index contributed by atoms with van der Waals surface area (Å²) in [7, 11) is 0. The van der Waals surface area contributed by atoms with Crippen LogP contribution in [0.15, 0.2) is 18.2 Å². The molecule has 2 N–H and O–H groups in total. The van der Waals surface area contributed by atoms with Crippen LogP contribution in [0.5, 0.6) is 0 Å². The second kappa shape index (κ2) is 6.43. The van der Waals surface area contributed by atoms with Crippen molar-refractivity contribution in [2.75, 3.05) is 6.54 Å². The highest BCUT2D eigenvalue weighted by Gasteiger charge is 2.31. The molecule has 118 valence electrons. The monoisotopic (exact) mass is 307 g/mol. The Morgan fingerprint density at radius 1 is 1.24 bits per heavy atom. The molecule has 1 aromatic rings. The third-order valence-corrected chi connectivity index (χ3v) is 3.12. The van der Waals surface area contributed by atoms with Crippen LogP contribution in [-0.4, -0.2) is 17.6 Å². The van der Waals surface area contributed by atoms with Crippen LogP contribution >= 0.6 is 0 Å². The Morgan fingerprint density at radius 3 is 2.38 bits per heavy atom. The Bertz CT molecular complexity index is 512. The number of nitrogens with one attached hydrogen (secondary N) is 1. The SMILES string of the molecule is CC(C)(CCNCc1cc(F)cc(C(F)(F)F)c1)C(=O)O. The first kappa shape index (κ1) is 17.4. The molecule has 0 atom stereocenters. The van der Waals surface area contributed by atoms with Crippen LogP contribution in [0.3, 0.4) is 0 Å². The molecule has 0 aromatic heterocycles. The Morgan fingerprint density at radius 2 is 1.86 bits per heavy atom. The van der Waals surface area contributed by atoms with Gasteiger partial charge in [0.2, 0.25) is 0 Å². The van der Waals surface area contributed by atoms with E-state index in [1.807, 2.05) is 0 Å². The van der Waals surface area contributed by atoms with Gasteiger partial charge in [0, 0.05) is 6.54 Å². The largest absolute Gasteiger partial charge is 0.481 e. The zero-order chi connectivity index (χ0) is 16.3. The van der Waals surface area contributed by atoms with E-state index >= 15 is 0 Å². The molecule has 1 aromatic carbocycles. The number of aliphatic carboxylic acids is 1. The topological polar surface area (TPSA) is 49.3 Å². The molecule has 0 amide bonds. The number of halogens is 4. The first-order chi connectivity index (χ1) is 9.52. The molecule has 21 heavy (non-hydrogen) atoms. The van der Waals surface area contributed by atoms with E-state index in [4.69, 9.17) is 5.11 Å². The summed E-state index contributed by atoms with van der Waals surface area (Å²) >= 11 is 0. The van der Waals surface area contributed by atoms with E-state index in [1.54, 1.807) is 13.8 Å². The second-order valence-electron chi connectivity index (χ2n) is 5.46. The molecule has 0 spiro atoms. The van der Waals surface area contributed by atoms with Crippen molar-refractivity contribution in [2.45, 2.75) is 33.0 Å². The molecule has 0 saturated carbocycles. The van der Waals surface area contributed by atoms with E-state index < -0.39 is 28.9 Å². The fourth-order valence-corrected chi connectivity index (χ4v) is 1.66. The van der Waals surface area contributed by atoms with Gasteiger partial charge in [-0.25, -0.2) is 4.39 Å². The molecule has 0 saturated heterocycles. The van der Waals surface area contributed by atoms with Gasteiger partial charge in [-0.05, 0) is 50.6 Å². The van der Waals surface area contributed by atoms with Gasteiger partial charge in [-0.15, -0.1) is 0 Å². The highest BCUT2D eigenvalue weighted by atomic mass is 19.4. The molecule has 3 nitrogen and oxygen atoms in total. The van der Waals surface area contributed by atoms with Crippen LogP contribution in [-0.2, 0) is 17.5 Å². The predicted molar refractivity (Wildman–Crippen MR) is 69.1 cm³/mol. The van der Waals surface area contributed by atoms with Crippen molar-refractivity contribution in [1.29, 1.82) is 0 Å². The lowest BCUT2D eigenvalue weighted by atomic mass is 9.90. The van der Waals surface area contributed by atoms with Crippen LogP contribution < -0.4 is 5.32 Å². The molecule has 0 aliphatic heterocycles. The second-order valence-corrected chi connectivity index (χ2v) is 5.46. The van der Waals surface area contributed by atoms with Crippen molar-refractivity contribution in [3.8, 4) is 0 Å². The lowest BCUT2D eigenvalue weighted by molar-refractivity contribution is -0.147. The molecule has 0 heterocycles. The van der Waals surface area contributed by atoms with Crippen molar-refractivity contribution < 1.29 is 27.5 Å². The molecule has 0 aliphatic rings. The van der Waals surface area contributed by atoms with Gasteiger partial charge in [-0.1, -0.05) is 0 Å². The minimum Gasteiger partial charge on any atom is -0.481 e. The molecule has 0 bridgehead atoms. The molecule has 0 aliphatic carbocycles. The van der Waals surface area contributed by atoms with Gasteiger partial charge in [0.15, 0.2) is 0 Å². The summed E-state index contributed by atoms with van der Waals surface area (Å²) in [4.78, 5) is 10.9. The quantitative estimate of drug-likeness (QED) is 0.625. The number of rotatable bonds is 6. The minimum absolute atomic E-state index is 0.0382. The molecule has 0 unspecified atom stereocenters. The summed E-state index contributed by atoms with van der Waals surface area (Å²) in [5.74, 6) is -1.90. The molecule has 0 radical (unpaired) electrons. The van der Waals surface area contributed by atoms with E-state index in [2.05, 4.69) is 5.32 Å². The summed E-state index contributed by atoms with van der Waals surface area (Å²) in [5.41, 5.74) is -1.80. The first-order valence-corrected chi connectivity index (χ1v) is 6.33. The fraction of sp³-hybridized carbons (Fsp3) is 0.500. The van der Waals surface area contributed by atoms with Gasteiger partial charge < -0.3 is 10.4 Å². The first-order valence-electron chi connectivity index (χ1n) is 6.33. The fourth-order valence-electron chi connectivity index (χ4n) is 1.66. The Labute approximate surface area is 120 Å². The summed E-state index contributed by atoms with van der Waals surface area (Å²) in [5, 5.41) is 11.7. The average Bonchev–Trinajstić information content (AvgIpc) is 2.33. The van der Waals surface area contributed by atoms with E-state index in [-0.39, 0.29) is 12.1 Å². The van der Waals surface area contributed by atoms with Gasteiger partial charge in [-0.2, -0.15) is 13.2 Å². The Balaban J connectivity index is 2.61. The van der Waals surface area contributed by atoms with Crippen LogP contribution in [0, 0.1) is 11.2 Å². The Hall–Kier alpha value is -1.63. The zero-order valence-corrected chi connectivity index (χ0v) is 11.7. The zero-order valence-electron chi connectivity index (χ0n) is 11.7. The molecule has 7 heteroatoms. The number of carboxylic acids is 1. The summed E-state index contributed by atoms with van der Waals surface area (Å²) in [6, 6.07) is 2.33. The van der Waals surface area contributed by atoms with Crippen molar-refractivity contribution in [2.24, 2.45) is 5.41 Å². The third kappa shape index (κ3) is 5.34. The summed E-state index contributed by atoms with van der Waals surface area (Å²) in [6.45, 7) is 3.45. The van der Waals surface area contributed by atoms with Gasteiger partial charge in [0.25, 0.3) is 0 Å². The van der Waals surface area contributed by atoms with E-state index in [9.17, 15) is 22.4 Å². The Kier molecular flexibility index (Phi) is 5.33. The third-order valence-electron chi connectivity index (χ3n) is 3.12. The van der Waals surface area contributed by atoms with Crippen LogP contribution in [0.1, 0.15) is 31.4 Å². The maximum Gasteiger partial charge on any atom is 0.416 e. The summed E-state index contributed by atoms with van der Waals surface area (Å²) in [6.07, 6.45) is -4.29. The van der Waals surface area contributed by atoms with Crippen molar-refractivity contribution in [1.82, 2.24) is 5.32 Å². The molecular weight excluding hydrogens is 290 g/mol. The number of alkyl halides is 3. The van der Waals surface area contributed by atoms with Gasteiger partial charge in [0.1, 0.15) is 5.82 Å². The highest BCUT2D eigenvalue weighted by molar-refractivity contribution is 5.73. The maximum absolute atomic E-state index is 13.2. The van der Waals surface area contributed by atoms with Crippen molar-refractivity contribution >= 4 is 5.97 Å². The number of hydrogen-bond donors (Lipinski definition) is 2. The maximum atomic E-state index is 13.2. The van der Waals surface area contributed by atoms with E-state index in [0.29, 0.717) is 19.0 Å². The van der Waals surface area contributed by atoms with Crippen LogP contribution in [0.2, 0.25) is 0 Å². The predicted octanol–water partition coefficient (Wildman–Crippen LogP) is 3.44. The number of carboxylic acid groups (broad SMARTS) is 1. The van der Waals surface area contributed by atoms with Gasteiger partial charge in [-0.3, -0.25) is 4.79 Å². The molecule has 1 rings (SSSR count). The normalized spacial score (nSPS) is 12.5. The number of benzene rings is 1.